The zero-order chi connectivity index (χ0) is 8.58. The van der Waals surface area contributed by atoms with Gasteiger partial charge in [0.2, 0.25) is 0 Å². The molecule has 3 fully saturated rings. The highest BCUT2D eigenvalue weighted by molar-refractivity contribution is 5.84. The third-order valence-electron chi connectivity index (χ3n) is 5.03. The van der Waals surface area contributed by atoms with E-state index in [9.17, 15) is 4.79 Å². The predicted molar refractivity (Wildman–Crippen MR) is 48.9 cm³/mol. The Kier molecular flexibility index (Phi) is 1.00. The van der Waals surface area contributed by atoms with Gasteiger partial charge in [0.15, 0.2) is 0 Å². The molecule has 13 heavy (non-hydrogen) atoms. The van der Waals surface area contributed by atoms with Crippen LogP contribution in [0.4, 0.5) is 0 Å². The lowest BCUT2D eigenvalue weighted by Crippen LogP contribution is -2.13. The first kappa shape index (κ1) is 6.80. The third kappa shape index (κ3) is 0.619. The molecule has 0 unspecified atom stereocenters. The molecule has 0 aliphatic heterocycles. The molecule has 0 radical (unpaired) electrons. The molecule has 0 amide bonds. The Morgan fingerprint density at radius 1 is 1.08 bits per heavy atom. The van der Waals surface area contributed by atoms with Gasteiger partial charge in [-0.05, 0) is 42.4 Å². The van der Waals surface area contributed by atoms with Gasteiger partial charge in [-0.25, -0.2) is 0 Å². The molecule has 1 heteroatoms. The Morgan fingerprint density at radius 3 is 2.69 bits per heavy atom. The minimum atomic E-state index is 0.481. The van der Waals surface area contributed by atoms with Gasteiger partial charge in [0.05, 0.1) is 0 Å². The van der Waals surface area contributed by atoms with Crippen LogP contribution in [-0.4, -0.2) is 5.78 Å². The highest BCUT2D eigenvalue weighted by atomic mass is 16.1. The van der Waals surface area contributed by atoms with Crippen molar-refractivity contribution in [2.45, 2.75) is 19.3 Å². The molecular formula is C12H14O. The number of rotatable bonds is 0. The third-order valence-corrected chi connectivity index (χ3v) is 5.03. The number of carbonyl (C=O) groups excluding carboxylic acids is 1. The summed E-state index contributed by atoms with van der Waals surface area (Å²) in [4.78, 5) is 11.7. The second-order valence-corrected chi connectivity index (χ2v) is 5.38. The Balaban J connectivity index is 1.85. The van der Waals surface area contributed by atoms with E-state index in [0.29, 0.717) is 11.7 Å². The lowest BCUT2D eigenvalue weighted by molar-refractivity contribution is -0.121. The highest BCUT2D eigenvalue weighted by Crippen LogP contribution is 2.64. The van der Waals surface area contributed by atoms with Crippen LogP contribution in [0.5, 0.6) is 0 Å². The zero-order valence-electron chi connectivity index (χ0n) is 7.65. The van der Waals surface area contributed by atoms with Gasteiger partial charge >= 0.3 is 0 Å². The van der Waals surface area contributed by atoms with Gasteiger partial charge in [-0.1, -0.05) is 12.2 Å². The molecule has 0 N–H and O–H groups in total. The zero-order valence-corrected chi connectivity index (χ0v) is 7.65. The SMILES string of the molecule is O=C1C[C@H]2C[C@H]3C=C[C@H]4C[C@@H]1[C@@H]2[C@@H]34. The van der Waals surface area contributed by atoms with E-state index in [2.05, 4.69) is 12.2 Å². The average molecular weight is 174 g/mol. The van der Waals surface area contributed by atoms with E-state index in [1.165, 1.54) is 12.8 Å². The minimum Gasteiger partial charge on any atom is -0.299 e. The van der Waals surface area contributed by atoms with Crippen LogP contribution in [0.2, 0.25) is 0 Å². The maximum atomic E-state index is 11.7. The molecule has 0 spiro atoms. The second-order valence-electron chi connectivity index (χ2n) is 5.38. The topological polar surface area (TPSA) is 17.1 Å². The van der Waals surface area contributed by atoms with E-state index in [4.69, 9.17) is 0 Å². The molecule has 68 valence electrons. The van der Waals surface area contributed by atoms with Crippen LogP contribution in [0, 0.1) is 35.5 Å². The van der Waals surface area contributed by atoms with Gasteiger partial charge in [0, 0.05) is 12.3 Å². The van der Waals surface area contributed by atoms with Crippen molar-refractivity contribution >= 4 is 5.78 Å². The fourth-order valence-corrected chi connectivity index (χ4v) is 4.75. The molecule has 4 aliphatic rings. The van der Waals surface area contributed by atoms with Crippen LogP contribution in [-0.2, 0) is 4.79 Å². The fraction of sp³-hybridized carbons (Fsp3) is 0.750. The average Bonchev–Trinajstić information content (AvgIpc) is 2.70. The molecular weight excluding hydrogens is 160 g/mol. The number of carbonyl (C=O) groups is 1. The second kappa shape index (κ2) is 1.92. The normalized spacial score (nSPS) is 60.8. The number of hydrogen-bond donors (Lipinski definition) is 0. The van der Waals surface area contributed by atoms with Gasteiger partial charge in [-0.15, -0.1) is 0 Å². The summed E-state index contributed by atoms with van der Waals surface area (Å²) in [6, 6.07) is 0. The summed E-state index contributed by atoms with van der Waals surface area (Å²) in [7, 11) is 0. The monoisotopic (exact) mass is 174 g/mol. The van der Waals surface area contributed by atoms with Crippen molar-refractivity contribution in [2.24, 2.45) is 35.5 Å². The molecule has 1 nitrogen and oxygen atoms in total. The molecule has 3 saturated carbocycles. The van der Waals surface area contributed by atoms with Gasteiger partial charge in [-0.2, -0.15) is 0 Å². The lowest BCUT2D eigenvalue weighted by Gasteiger charge is -2.14. The Labute approximate surface area is 78.2 Å². The van der Waals surface area contributed by atoms with Gasteiger partial charge in [-0.3, -0.25) is 4.79 Å². The molecule has 0 aromatic rings. The highest BCUT2D eigenvalue weighted by Gasteiger charge is 2.60. The summed E-state index contributed by atoms with van der Waals surface area (Å²) in [5.74, 6) is 5.19. The van der Waals surface area contributed by atoms with Crippen molar-refractivity contribution in [3.05, 3.63) is 12.2 Å². The Bertz CT molecular complexity index is 317. The molecule has 4 rings (SSSR count). The van der Waals surface area contributed by atoms with Crippen LogP contribution < -0.4 is 0 Å². The standard InChI is InChI=1S/C12H14O/c13-10-5-8-3-6-1-2-7-4-9(10)12(8)11(6)7/h1-2,6-9,11-12H,3-5H2/t6-,7+,8-,9+,11+,12-/m1/s1. The van der Waals surface area contributed by atoms with E-state index >= 15 is 0 Å². The number of allylic oxidation sites excluding steroid dienone is 2. The molecule has 6 atom stereocenters. The first-order valence-electron chi connectivity index (χ1n) is 5.55. The largest absolute Gasteiger partial charge is 0.299 e. The maximum Gasteiger partial charge on any atom is 0.136 e. The number of ketones is 1. The van der Waals surface area contributed by atoms with Gasteiger partial charge < -0.3 is 0 Å². The van der Waals surface area contributed by atoms with Crippen molar-refractivity contribution in [1.29, 1.82) is 0 Å². The molecule has 0 saturated heterocycles. The Morgan fingerprint density at radius 2 is 1.85 bits per heavy atom. The molecule has 0 bridgehead atoms. The summed E-state index contributed by atoms with van der Waals surface area (Å²) in [5, 5.41) is 0. The fourth-order valence-electron chi connectivity index (χ4n) is 4.75. The summed E-state index contributed by atoms with van der Waals surface area (Å²) >= 11 is 0. The van der Waals surface area contributed by atoms with Crippen molar-refractivity contribution in [3.63, 3.8) is 0 Å². The quantitative estimate of drug-likeness (QED) is 0.513. The Hall–Kier alpha value is -0.590. The molecule has 0 aromatic heterocycles. The lowest BCUT2D eigenvalue weighted by atomic mass is 9.89. The van der Waals surface area contributed by atoms with E-state index in [-0.39, 0.29) is 0 Å². The number of hydrogen-bond acceptors (Lipinski definition) is 1. The summed E-state index contributed by atoms with van der Waals surface area (Å²) < 4.78 is 0. The van der Waals surface area contributed by atoms with Crippen molar-refractivity contribution in [3.8, 4) is 0 Å². The van der Waals surface area contributed by atoms with Crippen LogP contribution >= 0.6 is 0 Å². The molecule has 4 aliphatic carbocycles. The van der Waals surface area contributed by atoms with Gasteiger partial charge in [0.25, 0.3) is 0 Å². The van der Waals surface area contributed by atoms with E-state index < -0.39 is 0 Å². The van der Waals surface area contributed by atoms with Crippen molar-refractivity contribution in [2.75, 3.05) is 0 Å². The smallest absolute Gasteiger partial charge is 0.136 e. The maximum absolute atomic E-state index is 11.7. The summed E-state index contributed by atoms with van der Waals surface area (Å²) in [6.07, 6.45) is 8.27. The number of Topliss-reactive ketones (excluding diaryl/α,β-unsaturated/α-hetero) is 1. The van der Waals surface area contributed by atoms with Crippen molar-refractivity contribution in [1.82, 2.24) is 0 Å². The summed E-state index contributed by atoms with van der Waals surface area (Å²) in [6.45, 7) is 0. The van der Waals surface area contributed by atoms with Crippen LogP contribution in [0.15, 0.2) is 12.2 Å². The van der Waals surface area contributed by atoms with Crippen LogP contribution in [0.1, 0.15) is 19.3 Å². The minimum absolute atomic E-state index is 0.481. The molecule has 0 heterocycles. The van der Waals surface area contributed by atoms with Gasteiger partial charge in [0.1, 0.15) is 5.78 Å². The molecule has 0 aromatic carbocycles. The van der Waals surface area contributed by atoms with Crippen LogP contribution in [0.3, 0.4) is 0 Å². The predicted octanol–water partition coefficient (Wildman–Crippen LogP) is 2.03. The van der Waals surface area contributed by atoms with E-state index in [1.807, 2.05) is 0 Å². The first-order chi connectivity index (χ1) is 6.34. The van der Waals surface area contributed by atoms with E-state index in [0.717, 1.165) is 36.0 Å². The van der Waals surface area contributed by atoms with Crippen LogP contribution in [0.25, 0.3) is 0 Å². The van der Waals surface area contributed by atoms with Crippen molar-refractivity contribution < 1.29 is 4.79 Å². The first-order valence-corrected chi connectivity index (χ1v) is 5.55. The van der Waals surface area contributed by atoms with E-state index in [1.54, 1.807) is 0 Å². The summed E-state index contributed by atoms with van der Waals surface area (Å²) in [5.41, 5.74) is 0.